The number of nitrogens with zero attached hydrogens (tertiary/aromatic N) is 1. The normalized spacial score (nSPS) is 20.4. The lowest BCUT2D eigenvalue weighted by Gasteiger charge is -2.38. The molecule has 4 heteroatoms. The largest absolute Gasteiger partial charge is 0.379 e. The number of rotatable bonds is 16. The summed E-state index contributed by atoms with van der Waals surface area (Å²) in [4.78, 5) is 2.58. The Labute approximate surface area is 198 Å². The van der Waals surface area contributed by atoms with Gasteiger partial charge in [0.05, 0.1) is 0 Å². The van der Waals surface area contributed by atoms with Gasteiger partial charge in [0.15, 0.2) is 0 Å². The first-order valence-electron chi connectivity index (χ1n) is 12.5. The molecule has 2 N–H and O–H groups in total. The lowest BCUT2D eigenvalue weighted by Crippen LogP contribution is -2.50. The molecule has 3 nitrogen and oxygen atoms in total. The molecule has 0 radical (unpaired) electrons. The number of hydrogen-bond donors (Lipinski definition) is 2. The molecule has 1 heterocycles. The van der Waals surface area contributed by atoms with Crippen molar-refractivity contribution in [1.82, 2.24) is 10.2 Å². The Morgan fingerprint density at radius 3 is 2.32 bits per heavy atom. The Kier molecular flexibility index (Phi) is 14.7. The van der Waals surface area contributed by atoms with Gasteiger partial charge in [-0.1, -0.05) is 76.9 Å². The molecule has 0 saturated carbocycles. The molecule has 0 bridgehead atoms. The van der Waals surface area contributed by atoms with Crippen LogP contribution in [0.5, 0.6) is 0 Å². The minimum absolute atomic E-state index is 0.331. The third-order valence-corrected chi connectivity index (χ3v) is 7.28. The number of piperidine rings is 1. The van der Waals surface area contributed by atoms with E-state index in [9.17, 15) is 5.11 Å². The van der Waals surface area contributed by atoms with Gasteiger partial charge in [-0.3, -0.25) is 5.32 Å². The average molecular weight is 453 g/mol. The SMILES string of the molecule is C=CC[C@H](C)CCCC[C@H](O)N[C@@H](CN1CCC(C(C)C/C=C(/Cl)C=C)CC1)C(C)C. The van der Waals surface area contributed by atoms with E-state index >= 15 is 0 Å². The maximum absolute atomic E-state index is 10.5. The zero-order valence-corrected chi connectivity index (χ0v) is 21.4. The Morgan fingerprint density at radius 1 is 1.10 bits per heavy atom. The summed E-state index contributed by atoms with van der Waals surface area (Å²) in [5.74, 6) is 2.63. The first kappa shape index (κ1) is 28.4. The number of likely N-dealkylation sites (tertiary alicyclic amines) is 1. The second-order valence-electron chi connectivity index (χ2n) is 10.1. The van der Waals surface area contributed by atoms with Crippen LogP contribution < -0.4 is 5.32 Å². The van der Waals surface area contributed by atoms with Crippen molar-refractivity contribution in [2.75, 3.05) is 19.6 Å². The molecule has 4 atom stereocenters. The molecule has 1 fully saturated rings. The number of halogens is 1. The van der Waals surface area contributed by atoms with Gasteiger partial charge in [-0.25, -0.2) is 0 Å². The van der Waals surface area contributed by atoms with E-state index in [0.717, 1.165) is 56.3 Å². The van der Waals surface area contributed by atoms with Crippen molar-refractivity contribution in [3.8, 4) is 0 Å². The van der Waals surface area contributed by atoms with Crippen LogP contribution in [0.25, 0.3) is 0 Å². The van der Waals surface area contributed by atoms with E-state index in [1.807, 2.05) is 6.08 Å². The van der Waals surface area contributed by atoms with Gasteiger partial charge < -0.3 is 10.0 Å². The van der Waals surface area contributed by atoms with E-state index in [1.54, 1.807) is 6.08 Å². The van der Waals surface area contributed by atoms with Gasteiger partial charge in [0.1, 0.15) is 6.23 Å². The molecule has 180 valence electrons. The number of unbranched alkanes of at least 4 members (excludes halogenated alkanes) is 1. The fourth-order valence-electron chi connectivity index (χ4n) is 4.58. The molecular weight excluding hydrogens is 404 g/mol. The quantitative estimate of drug-likeness (QED) is 0.118. The standard InChI is InChI=1S/C27H49ClN2O/c1-7-11-22(5)12-9-10-13-27(31)29-26(21(3)4)20-30-18-16-24(17-19-30)23(6)14-15-25(28)8-2/h7-8,15,21-24,26-27,29,31H,1-2,9-14,16-20H2,3-6H3/b25-15+/t22-,23?,26-,27-/m0/s1. The molecule has 31 heavy (non-hydrogen) atoms. The van der Waals surface area contributed by atoms with Crippen molar-refractivity contribution in [3.63, 3.8) is 0 Å². The van der Waals surface area contributed by atoms with Crippen LogP contribution in [0.15, 0.2) is 36.4 Å². The highest BCUT2D eigenvalue weighted by Gasteiger charge is 2.26. The Balaban J connectivity index is 2.35. The lowest BCUT2D eigenvalue weighted by molar-refractivity contribution is 0.0764. The summed E-state index contributed by atoms with van der Waals surface area (Å²) >= 11 is 6.07. The number of aliphatic hydroxyl groups is 1. The number of nitrogens with one attached hydrogen (secondary N) is 1. The van der Waals surface area contributed by atoms with E-state index in [4.69, 9.17) is 11.6 Å². The van der Waals surface area contributed by atoms with Crippen LogP contribution in [-0.2, 0) is 0 Å². The van der Waals surface area contributed by atoms with Crippen molar-refractivity contribution in [2.45, 2.75) is 91.3 Å². The van der Waals surface area contributed by atoms with E-state index in [-0.39, 0.29) is 0 Å². The molecule has 1 aliphatic heterocycles. The summed E-state index contributed by atoms with van der Waals surface area (Å²) in [6, 6.07) is 0.331. The smallest absolute Gasteiger partial charge is 0.105 e. The number of allylic oxidation sites excluding steroid dienone is 4. The van der Waals surface area contributed by atoms with Crippen molar-refractivity contribution in [3.05, 3.63) is 36.4 Å². The summed E-state index contributed by atoms with van der Waals surface area (Å²) in [6.45, 7) is 20.0. The van der Waals surface area contributed by atoms with Crippen LogP contribution in [0.2, 0.25) is 0 Å². The Bertz CT molecular complexity index is 525. The van der Waals surface area contributed by atoms with Crippen LogP contribution >= 0.6 is 11.6 Å². The van der Waals surface area contributed by atoms with Gasteiger partial charge in [0.2, 0.25) is 0 Å². The molecule has 0 aromatic heterocycles. The summed E-state index contributed by atoms with van der Waals surface area (Å²) in [5, 5.41) is 14.8. The van der Waals surface area contributed by atoms with Crippen LogP contribution in [0.3, 0.4) is 0 Å². The maximum atomic E-state index is 10.5. The monoisotopic (exact) mass is 452 g/mol. The highest BCUT2D eigenvalue weighted by molar-refractivity contribution is 6.31. The van der Waals surface area contributed by atoms with E-state index in [0.29, 0.717) is 23.8 Å². The van der Waals surface area contributed by atoms with Crippen LogP contribution in [-0.4, -0.2) is 41.9 Å². The van der Waals surface area contributed by atoms with E-state index in [1.165, 1.54) is 25.7 Å². The molecule has 1 aliphatic rings. The zero-order chi connectivity index (χ0) is 23.2. The van der Waals surface area contributed by atoms with Crippen molar-refractivity contribution in [2.24, 2.45) is 23.7 Å². The minimum atomic E-state index is -0.402. The zero-order valence-electron chi connectivity index (χ0n) is 20.7. The Morgan fingerprint density at radius 2 is 1.74 bits per heavy atom. The predicted octanol–water partition coefficient (Wildman–Crippen LogP) is 6.74. The molecule has 0 aliphatic carbocycles. The maximum Gasteiger partial charge on any atom is 0.105 e. The van der Waals surface area contributed by atoms with Gasteiger partial charge in [-0.2, -0.15) is 0 Å². The van der Waals surface area contributed by atoms with Gasteiger partial charge in [0, 0.05) is 17.6 Å². The third-order valence-electron chi connectivity index (χ3n) is 6.98. The van der Waals surface area contributed by atoms with E-state index in [2.05, 4.69) is 57.1 Å². The van der Waals surface area contributed by atoms with Crippen LogP contribution in [0.1, 0.15) is 79.1 Å². The predicted molar refractivity (Wildman–Crippen MR) is 137 cm³/mol. The third kappa shape index (κ3) is 12.3. The van der Waals surface area contributed by atoms with Crippen molar-refractivity contribution in [1.29, 1.82) is 0 Å². The van der Waals surface area contributed by atoms with Gasteiger partial charge >= 0.3 is 0 Å². The number of aliphatic hydroxyl groups excluding tert-OH is 1. The topological polar surface area (TPSA) is 35.5 Å². The molecule has 0 aromatic carbocycles. The van der Waals surface area contributed by atoms with Gasteiger partial charge in [0.25, 0.3) is 0 Å². The second kappa shape index (κ2) is 16.1. The molecule has 0 aromatic rings. The second-order valence-corrected chi connectivity index (χ2v) is 10.5. The molecule has 1 rings (SSSR count). The fourth-order valence-corrected chi connectivity index (χ4v) is 4.67. The summed E-state index contributed by atoms with van der Waals surface area (Å²) < 4.78 is 0. The molecule has 1 unspecified atom stereocenters. The summed E-state index contributed by atoms with van der Waals surface area (Å²) in [5.41, 5.74) is 0. The van der Waals surface area contributed by atoms with Gasteiger partial charge in [-0.15, -0.1) is 6.58 Å². The molecule has 0 spiro atoms. The van der Waals surface area contributed by atoms with E-state index < -0.39 is 6.23 Å². The first-order valence-corrected chi connectivity index (χ1v) is 12.9. The van der Waals surface area contributed by atoms with Crippen LogP contribution in [0, 0.1) is 23.7 Å². The van der Waals surface area contributed by atoms with Crippen LogP contribution in [0.4, 0.5) is 0 Å². The molecule has 1 saturated heterocycles. The summed E-state index contributed by atoms with van der Waals surface area (Å²) in [6.07, 6.45) is 14.4. The van der Waals surface area contributed by atoms with Crippen molar-refractivity contribution < 1.29 is 5.11 Å². The minimum Gasteiger partial charge on any atom is -0.379 e. The summed E-state index contributed by atoms with van der Waals surface area (Å²) in [7, 11) is 0. The van der Waals surface area contributed by atoms with Gasteiger partial charge in [-0.05, 0) is 75.3 Å². The molecular formula is C27H49ClN2O. The number of hydrogen-bond acceptors (Lipinski definition) is 3. The van der Waals surface area contributed by atoms with Crippen molar-refractivity contribution >= 4 is 11.6 Å². The lowest BCUT2D eigenvalue weighted by atomic mass is 9.83. The first-order chi connectivity index (χ1) is 14.8. The fraction of sp³-hybridized carbons (Fsp3) is 0.778. The highest BCUT2D eigenvalue weighted by atomic mass is 35.5. The Hall–Kier alpha value is -0.610. The highest BCUT2D eigenvalue weighted by Crippen LogP contribution is 2.28. The molecule has 0 amide bonds. The average Bonchev–Trinajstić information content (AvgIpc) is 2.75.